The molecule has 0 bridgehead atoms. The van der Waals surface area contributed by atoms with E-state index in [1.807, 2.05) is 61.4 Å². The first-order valence-electron chi connectivity index (χ1n) is 24.9. The second-order valence-corrected chi connectivity index (χ2v) is 19.8. The lowest BCUT2D eigenvalue weighted by atomic mass is 9.82. The third-order valence-electron chi connectivity index (χ3n) is 13.8. The molecule has 3 aliphatic heterocycles. The minimum absolute atomic E-state index is 0.0163. The van der Waals surface area contributed by atoms with Crippen molar-refractivity contribution in [3.05, 3.63) is 48.2 Å². The van der Waals surface area contributed by atoms with Crippen LogP contribution in [0, 0.1) is 11.8 Å². The molecule has 392 valence electrons. The second kappa shape index (κ2) is 26.7. The predicted octanol–water partition coefficient (Wildman–Crippen LogP) is 4.61. The molecule has 4 heterocycles. The molecule has 70 heavy (non-hydrogen) atoms. The van der Waals surface area contributed by atoms with Crippen LogP contribution < -0.4 is 0 Å². The number of likely N-dealkylation sites (N-methyl/N-ethyl adjacent to an activating group) is 2. The van der Waals surface area contributed by atoms with Gasteiger partial charge in [0, 0.05) is 57.3 Å². The number of aromatic nitrogens is 1. The van der Waals surface area contributed by atoms with Crippen LogP contribution in [0.3, 0.4) is 0 Å². The topological polar surface area (TPSA) is 222 Å². The van der Waals surface area contributed by atoms with Crippen LogP contribution in [0.15, 0.2) is 42.6 Å². The van der Waals surface area contributed by atoms with Gasteiger partial charge in [0.05, 0.1) is 42.4 Å². The summed E-state index contributed by atoms with van der Waals surface area (Å²) >= 11 is 0. The zero-order valence-corrected chi connectivity index (χ0v) is 42.7. The summed E-state index contributed by atoms with van der Waals surface area (Å²) in [6.07, 6.45) is -4.28. The van der Waals surface area contributed by atoms with E-state index in [0.29, 0.717) is 32.4 Å². The fourth-order valence-electron chi connectivity index (χ4n) is 9.99. The maximum atomic E-state index is 14.2. The monoisotopic (exact) mass is 986 g/mol. The molecular formula is C52H79N3O15. The van der Waals surface area contributed by atoms with Gasteiger partial charge < -0.3 is 67.8 Å². The Labute approximate surface area is 413 Å². The third kappa shape index (κ3) is 15.5. The molecule has 3 aliphatic rings. The minimum Gasteiger partial charge on any atom is -0.462 e. The average molecular weight is 986 g/mol. The van der Waals surface area contributed by atoms with E-state index in [-0.39, 0.29) is 38.0 Å². The number of esters is 3. The first-order valence-corrected chi connectivity index (χ1v) is 24.9. The Balaban J connectivity index is 1.44. The number of aliphatic hydroxyl groups excluding tert-OH is 2. The Kier molecular flexibility index (Phi) is 21.7. The van der Waals surface area contributed by atoms with E-state index in [4.69, 9.17) is 37.9 Å². The Hall–Kier alpha value is -3.95. The van der Waals surface area contributed by atoms with E-state index in [1.165, 1.54) is 7.11 Å². The molecule has 3 N–H and O–H groups in total. The van der Waals surface area contributed by atoms with Gasteiger partial charge in [-0.15, -0.1) is 0 Å². The second-order valence-electron chi connectivity index (χ2n) is 19.8. The first-order chi connectivity index (χ1) is 33.3. The van der Waals surface area contributed by atoms with Crippen molar-refractivity contribution in [2.75, 3.05) is 41.3 Å². The van der Waals surface area contributed by atoms with E-state index < -0.39 is 116 Å². The molecule has 18 nitrogen and oxygen atoms in total. The molecule has 0 radical (unpaired) electrons. The quantitative estimate of drug-likeness (QED) is 0.126. The normalized spacial score (nSPS) is 35.6. The fourth-order valence-corrected chi connectivity index (χ4v) is 9.99. The van der Waals surface area contributed by atoms with Gasteiger partial charge in [-0.3, -0.25) is 19.4 Å². The number of benzene rings is 1. The molecule has 5 rings (SSSR count). The lowest BCUT2D eigenvalue weighted by Gasteiger charge is -2.50. The number of rotatable bonds is 15. The highest BCUT2D eigenvalue weighted by molar-refractivity contribution is 5.81. The molecule has 0 saturated carbocycles. The highest BCUT2D eigenvalue weighted by Crippen LogP contribution is 2.38. The van der Waals surface area contributed by atoms with Crippen molar-refractivity contribution >= 4 is 41.2 Å². The summed E-state index contributed by atoms with van der Waals surface area (Å²) in [5.74, 6) is -2.81. The molecular weight excluding hydrogens is 907 g/mol. The summed E-state index contributed by atoms with van der Waals surface area (Å²) in [5, 5.41) is 36.3. The number of carbonyl (C=O) groups is 4. The molecule has 3 fully saturated rings. The van der Waals surface area contributed by atoms with Crippen LogP contribution in [-0.2, 0) is 57.1 Å². The van der Waals surface area contributed by atoms with Crippen LogP contribution in [0.4, 0.5) is 0 Å². The Morgan fingerprint density at radius 1 is 0.986 bits per heavy atom. The maximum absolute atomic E-state index is 14.2. The highest BCUT2D eigenvalue weighted by Gasteiger charge is 2.53. The third-order valence-corrected chi connectivity index (χ3v) is 13.8. The Morgan fingerprint density at radius 2 is 1.71 bits per heavy atom. The summed E-state index contributed by atoms with van der Waals surface area (Å²) < 4.78 is 49.9. The number of hydrogen-bond donors (Lipinski definition) is 3. The summed E-state index contributed by atoms with van der Waals surface area (Å²) in [6, 6.07) is 9.04. The number of aldehydes is 1. The van der Waals surface area contributed by atoms with Gasteiger partial charge in [0.25, 0.3) is 0 Å². The largest absolute Gasteiger partial charge is 0.462 e. The van der Waals surface area contributed by atoms with Gasteiger partial charge in [-0.2, -0.15) is 0 Å². The molecule has 0 amide bonds. The van der Waals surface area contributed by atoms with Crippen molar-refractivity contribution in [3.63, 3.8) is 0 Å². The van der Waals surface area contributed by atoms with E-state index >= 15 is 0 Å². The van der Waals surface area contributed by atoms with Crippen LogP contribution in [0.2, 0.25) is 0 Å². The Morgan fingerprint density at radius 3 is 2.39 bits per heavy atom. The number of carbonyl (C=O) groups excluding carboxylic acids is 4. The number of β-amino-alcohol motifs (C(OH)–C–C–N with tert-alkyl or cyclic N) is 1. The molecule has 3 saturated heterocycles. The van der Waals surface area contributed by atoms with Gasteiger partial charge in [-0.1, -0.05) is 45.1 Å². The molecule has 1 aromatic heterocycles. The number of ether oxygens (including phenoxy) is 8. The number of fused-ring (bicyclic) bond motifs is 1. The zero-order chi connectivity index (χ0) is 51.3. The zero-order valence-electron chi connectivity index (χ0n) is 42.7. The lowest BCUT2D eigenvalue weighted by molar-refractivity contribution is -0.344. The summed E-state index contributed by atoms with van der Waals surface area (Å²) in [6.45, 7) is 11.1. The van der Waals surface area contributed by atoms with Gasteiger partial charge >= 0.3 is 17.9 Å². The van der Waals surface area contributed by atoms with Gasteiger partial charge in [-0.25, -0.2) is 0 Å². The molecule has 2 aromatic rings. The van der Waals surface area contributed by atoms with E-state index in [0.717, 1.165) is 22.8 Å². The van der Waals surface area contributed by atoms with E-state index in [9.17, 15) is 34.5 Å². The van der Waals surface area contributed by atoms with Gasteiger partial charge in [0.15, 0.2) is 18.7 Å². The van der Waals surface area contributed by atoms with Gasteiger partial charge in [0.2, 0.25) is 0 Å². The maximum Gasteiger partial charge on any atom is 0.309 e. The highest BCUT2D eigenvalue weighted by atomic mass is 16.7. The number of aliphatic hydroxyl groups is 3. The molecule has 1 aromatic carbocycles. The van der Waals surface area contributed by atoms with Crippen LogP contribution >= 0.6 is 0 Å². The predicted molar refractivity (Wildman–Crippen MR) is 259 cm³/mol. The van der Waals surface area contributed by atoms with Crippen molar-refractivity contribution in [2.45, 2.75) is 185 Å². The summed E-state index contributed by atoms with van der Waals surface area (Å²) in [7, 11) is 6.83. The van der Waals surface area contributed by atoms with Gasteiger partial charge in [0.1, 0.15) is 42.4 Å². The number of nitrogens with zero attached hydrogens (tertiary/aromatic N) is 3. The number of pyridine rings is 1. The van der Waals surface area contributed by atoms with Crippen molar-refractivity contribution in [2.24, 2.45) is 11.8 Å². The fraction of sp³-hybridized carbons (Fsp3) is 0.712. The van der Waals surface area contributed by atoms with Crippen LogP contribution in [0.1, 0.15) is 105 Å². The average Bonchev–Trinajstić information content (AvgIpc) is 3.30. The molecule has 5 unspecified atom stereocenters. The van der Waals surface area contributed by atoms with E-state index in [2.05, 4.69) is 4.98 Å². The SMILES string of the molecule is CCC(=O)O[C@@H]1CC(=O)O[C@@H](C/C=C/c2ccc3ncccc3c2)CCCN(C)C[C@H](O)[C@H](C)C[C@H](CC=O)[C@H](O[C@@H]2OC(C)[C@H](O[C@H]3CC(C)(O)[C@@H](OC(=O)CC)C(C)O3)C(N(C)C)C2O)[C@H]1OC. The Bertz CT molecular complexity index is 2020. The van der Waals surface area contributed by atoms with Crippen molar-refractivity contribution < 1.29 is 72.4 Å². The first kappa shape index (κ1) is 57.0. The van der Waals surface area contributed by atoms with Crippen LogP contribution in [0.25, 0.3) is 17.0 Å². The van der Waals surface area contributed by atoms with Crippen molar-refractivity contribution in [3.8, 4) is 0 Å². The minimum atomic E-state index is -1.50. The molecule has 0 aliphatic carbocycles. The van der Waals surface area contributed by atoms with Crippen molar-refractivity contribution in [1.82, 2.24) is 14.8 Å². The summed E-state index contributed by atoms with van der Waals surface area (Å²) in [5.41, 5.74) is 0.338. The lowest BCUT2D eigenvalue weighted by Crippen LogP contribution is -2.66. The standard InChI is InChI=1S/C52H79N3O15/c1-11-41(58)67-40-28-43(60)66-37(18-13-16-34-20-21-38-35(27-34)17-14-23-53-38)19-15-24-55(9)30-39(57)31(3)26-36(22-25-56)48(49(40)63-10)70-51-46(61)45(54(7)8)47(32(4)65-51)69-44-29-52(6,62)50(33(5)64-44)68-42(59)12-2/h13-14,16-17,20-21,23,25,27,31-33,36-37,39-40,44-51,57,61-62H,11-12,15,18-19,22,24,26,28-30H2,1-10H3/b16-13+/t31-,32?,33?,36+,37+,39+,40-,44+,45?,46?,47+,48+,49+,50+,51+,52?/m1/s1. The molecule has 18 heteroatoms. The van der Waals surface area contributed by atoms with E-state index in [1.54, 1.807) is 59.8 Å². The van der Waals surface area contributed by atoms with Crippen LogP contribution in [0.5, 0.6) is 0 Å². The number of methoxy groups -OCH3 is 1. The van der Waals surface area contributed by atoms with Gasteiger partial charge in [-0.05, 0) is 103 Å². The molecule has 16 atom stereocenters. The smallest absolute Gasteiger partial charge is 0.309 e. The van der Waals surface area contributed by atoms with Crippen molar-refractivity contribution in [1.29, 1.82) is 0 Å². The molecule has 0 spiro atoms. The van der Waals surface area contributed by atoms with Crippen LogP contribution in [-0.4, -0.2) is 181 Å². The number of hydrogen-bond acceptors (Lipinski definition) is 18. The summed E-state index contributed by atoms with van der Waals surface area (Å²) in [4.78, 5) is 60.3. The number of cyclic esters (lactones) is 1.